The predicted molar refractivity (Wildman–Crippen MR) is 68.2 cm³/mol. The quantitative estimate of drug-likeness (QED) is 0.509. The molecule has 0 aromatic carbocycles. The van der Waals surface area contributed by atoms with E-state index in [1.54, 1.807) is 20.8 Å². The van der Waals surface area contributed by atoms with E-state index < -0.39 is 22.2 Å². The highest BCUT2D eigenvalue weighted by molar-refractivity contribution is 9.10. The second-order valence-corrected chi connectivity index (χ2v) is 5.33. The van der Waals surface area contributed by atoms with Crippen molar-refractivity contribution in [1.82, 2.24) is 4.98 Å². The van der Waals surface area contributed by atoms with Gasteiger partial charge >= 0.3 is 11.7 Å². The number of aromatic nitrogens is 1. The van der Waals surface area contributed by atoms with Gasteiger partial charge in [0.05, 0.1) is 9.40 Å². The number of rotatable bonds is 2. The molecular weight excluding hydrogens is 306 g/mol. The van der Waals surface area contributed by atoms with Crippen molar-refractivity contribution in [2.45, 2.75) is 26.4 Å². The van der Waals surface area contributed by atoms with Gasteiger partial charge in [0.15, 0.2) is 5.56 Å². The first-order valence-corrected chi connectivity index (χ1v) is 5.74. The van der Waals surface area contributed by atoms with Crippen LogP contribution in [0.1, 0.15) is 31.1 Å². The molecule has 0 aliphatic carbocycles. The average Bonchev–Trinajstić information content (AvgIpc) is 2.17. The van der Waals surface area contributed by atoms with Crippen LogP contribution in [-0.2, 0) is 4.74 Å². The van der Waals surface area contributed by atoms with Crippen LogP contribution < -0.4 is 5.73 Å². The number of nitro groups is 1. The Hall–Kier alpha value is -1.70. The summed E-state index contributed by atoms with van der Waals surface area (Å²) in [6.07, 6.45) is 1.22. The van der Waals surface area contributed by atoms with Gasteiger partial charge in [-0.1, -0.05) is 0 Å². The highest BCUT2D eigenvalue weighted by atomic mass is 79.9. The normalized spacial score (nSPS) is 11.1. The van der Waals surface area contributed by atoms with Crippen LogP contribution in [0.4, 0.5) is 11.5 Å². The number of ether oxygens (including phenoxy) is 1. The number of carbonyl (C=O) groups excluding carboxylic acids is 1. The van der Waals surface area contributed by atoms with Crippen LogP contribution >= 0.6 is 15.9 Å². The molecular formula is C10H12BrN3O4. The third-order valence-electron chi connectivity index (χ3n) is 1.82. The highest BCUT2D eigenvalue weighted by Gasteiger charge is 2.31. The Balaban J connectivity index is 3.35. The summed E-state index contributed by atoms with van der Waals surface area (Å²) in [6.45, 7) is 4.99. The molecule has 1 heterocycles. The van der Waals surface area contributed by atoms with E-state index in [2.05, 4.69) is 20.9 Å². The van der Waals surface area contributed by atoms with Gasteiger partial charge in [-0.3, -0.25) is 10.1 Å². The van der Waals surface area contributed by atoms with Crippen molar-refractivity contribution >= 4 is 33.4 Å². The van der Waals surface area contributed by atoms with Gasteiger partial charge in [-0.2, -0.15) is 0 Å². The van der Waals surface area contributed by atoms with Crippen molar-refractivity contribution in [3.8, 4) is 0 Å². The fraction of sp³-hybridized carbons (Fsp3) is 0.400. The van der Waals surface area contributed by atoms with Crippen molar-refractivity contribution in [3.05, 3.63) is 26.3 Å². The Kier molecular flexibility index (Phi) is 3.90. The van der Waals surface area contributed by atoms with E-state index in [4.69, 9.17) is 10.5 Å². The molecule has 8 heteroatoms. The van der Waals surface area contributed by atoms with Crippen LogP contribution in [0.2, 0.25) is 0 Å². The van der Waals surface area contributed by atoms with Gasteiger partial charge in [0.25, 0.3) is 0 Å². The third kappa shape index (κ3) is 3.16. The van der Waals surface area contributed by atoms with Crippen molar-refractivity contribution in [2.75, 3.05) is 5.73 Å². The van der Waals surface area contributed by atoms with E-state index in [9.17, 15) is 14.9 Å². The Morgan fingerprint density at radius 2 is 2.11 bits per heavy atom. The summed E-state index contributed by atoms with van der Waals surface area (Å²) in [7, 11) is 0. The van der Waals surface area contributed by atoms with E-state index in [0.29, 0.717) is 0 Å². The molecule has 0 amide bonds. The summed E-state index contributed by atoms with van der Waals surface area (Å²) in [5, 5.41) is 10.9. The van der Waals surface area contributed by atoms with Crippen molar-refractivity contribution in [3.63, 3.8) is 0 Å². The SMILES string of the molecule is CC(C)(C)OC(=O)c1c(Br)cnc(N)c1[N+](=O)[O-]. The number of anilines is 1. The number of esters is 1. The molecule has 1 rings (SSSR count). The summed E-state index contributed by atoms with van der Waals surface area (Å²) >= 11 is 3.03. The molecule has 0 saturated heterocycles. The van der Waals surface area contributed by atoms with Crippen LogP contribution in [-0.4, -0.2) is 21.5 Å². The maximum atomic E-state index is 11.9. The monoisotopic (exact) mass is 317 g/mol. The first-order valence-electron chi connectivity index (χ1n) is 4.95. The molecule has 7 nitrogen and oxygen atoms in total. The minimum atomic E-state index is -0.824. The zero-order chi connectivity index (χ0) is 14.1. The summed E-state index contributed by atoms with van der Waals surface area (Å²) in [5.41, 5.74) is 3.86. The fourth-order valence-corrected chi connectivity index (χ4v) is 1.65. The number of hydrogen-bond acceptors (Lipinski definition) is 6. The van der Waals surface area contributed by atoms with Crippen molar-refractivity contribution < 1.29 is 14.5 Å². The molecule has 98 valence electrons. The predicted octanol–water partition coefficient (Wildman–Crippen LogP) is 2.29. The summed E-state index contributed by atoms with van der Waals surface area (Å²) in [4.78, 5) is 25.7. The molecule has 0 bridgehead atoms. The Morgan fingerprint density at radius 3 is 2.56 bits per heavy atom. The number of pyridine rings is 1. The minimum Gasteiger partial charge on any atom is -0.456 e. The molecule has 1 aromatic rings. The van der Waals surface area contributed by atoms with Gasteiger partial charge in [-0.25, -0.2) is 9.78 Å². The Labute approximate surface area is 112 Å². The molecule has 0 spiro atoms. The zero-order valence-electron chi connectivity index (χ0n) is 10.1. The second kappa shape index (κ2) is 4.89. The average molecular weight is 318 g/mol. The van der Waals surface area contributed by atoms with Crippen LogP contribution in [0.25, 0.3) is 0 Å². The van der Waals surface area contributed by atoms with Gasteiger partial charge in [0, 0.05) is 6.20 Å². The molecule has 2 N–H and O–H groups in total. The number of hydrogen-bond donors (Lipinski definition) is 1. The lowest BCUT2D eigenvalue weighted by Crippen LogP contribution is -2.25. The summed E-state index contributed by atoms with van der Waals surface area (Å²) in [6, 6.07) is 0. The van der Waals surface area contributed by atoms with Gasteiger partial charge in [-0.15, -0.1) is 0 Å². The van der Waals surface area contributed by atoms with Gasteiger partial charge in [-0.05, 0) is 36.7 Å². The van der Waals surface area contributed by atoms with Gasteiger partial charge in [0.2, 0.25) is 5.82 Å². The molecule has 18 heavy (non-hydrogen) atoms. The Morgan fingerprint density at radius 1 is 1.56 bits per heavy atom. The minimum absolute atomic E-state index is 0.164. The van der Waals surface area contributed by atoms with Crippen LogP contribution in [0.5, 0.6) is 0 Å². The largest absolute Gasteiger partial charge is 0.456 e. The Bertz CT molecular complexity index is 511. The number of nitrogens with zero attached hydrogens (tertiary/aromatic N) is 2. The first kappa shape index (κ1) is 14.4. The number of carbonyl (C=O) groups is 1. The molecule has 1 aromatic heterocycles. The zero-order valence-corrected chi connectivity index (χ0v) is 11.6. The number of nitrogen functional groups attached to an aromatic ring is 1. The van der Waals surface area contributed by atoms with E-state index in [1.165, 1.54) is 6.20 Å². The van der Waals surface area contributed by atoms with Crippen molar-refractivity contribution in [2.24, 2.45) is 0 Å². The number of halogens is 1. The van der Waals surface area contributed by atoms with Gasteiger partial charge < -0.3 is 10.5 Å². The second-order valence-electron chi connectivity index (χ2n) is 4.47. The standard InChI is InChI=1S/C10H12BrN3O4/c1-10(2,3)18-9(15)6-5(11)4-13-8(12)7(6)14(16)17/h4H,1-3H3,(H2,12,13). The lowest BCUT2D eigenvalue weighted by atomic mass is 10.1. The molecule has 0 radical (unpaired) electrons. The maximum absolute atomic E-state index is 11.9. The topological polar surface area (TPSA) is 108 Å². The van der Waals surface area contributed by atoms with Crippen LogP contribution in [0, 0.1) is 10.1 Å². The van der Waals surface area contributed by atoms with Crippen LogP contribution in [0.3, 0.4) is 0 Å². The molecule has 0 fully saturated rings. The van der Waals surface area contributed by atoms with E-state index >= 15 is 0 Å². The smallest absolute Gasteiger partial charge is 0.347 e. The van der Waals surface area contributed by atoms with E-state index in [1.807, 2.05) is 0 Å². The molecule has 0 atom stereocenters. The highest BCUT2D eigenvalue weighted by Crippen LogP contribution is 2.31. The molecule has 0 unspecified atom stereocenters. The van der Waals surface area contributed by atoms with Crippen LogP contribution in [0.15, 0.2) is 10.7 Å². The third-order valence-corrected chi connectivity index (χ3v) is 2.42. The first-order chi connectivity index (χ1) is 8.13. The van der Waals surface area contributed by atoms with Crippen molar-refractivity contribution in [1.29, 1.82) is 0 Å². The van der Waals surface area contributed by atoms with Gasteiger partial charge in [0.1, 0.15) is 5.60 Å². The summed E-state index contributed by atoms with van der Waals surface area (Å²) < 4.78 is 5.26. The lowest BCUT2D eigenvalue weighted by Gasteiger charge is -2.19. The molecule has 0 saturated carbocycles. The lowest BCUT2D eigenvalue weighted by molar-refractivity contribution is -0.384. The fourth-order valence-electron chi connectivity index (χ4n) is 1.20. The maximum Gasteiger partial charge on any atom is 0.347 e. The summed E-state index contributed by atoms with van der Waals surface area (Å²) in [5.74, 6) is -1.15. The molecule has 0 aliphatic heterocycles. The number of nitrogens with two attached hydrogens (primary N) is 1. The molecule has 0 aliphatic rings. The van der Waals surface area contributed by atoms with E-state index in [-0.39, 0.29) is 15.9 Å². The van der Waals surface area contributed by atoms with E-state index in [0.717, 1.165) is 0 Å².